The fraction of sp³-hybridized carbons (Fsp3) is 0.250. The highest BCUT2D eigenvalue weighted by atomic mass is 19.4. The summed E-state index contributed by atoms with van der Waals surface area (Å²) < 4.78 is 62.0. The van der Waals surface area contributed by atoms with E-state index in [9.17, 15) is 22.0 Å². The normalized spacial score (nSPS) is 11.6. The third kappa shape index (κ3) is 1.94. The van der Waals surface area contributed by atoms with E-state index in [4.69, 9.17) is 0 Å². The molecule has 0 spiro atoms. The molecule has 0 aliphatic heterocycles. The maximum absolute atomic E-state index is 12.8. The van der Waals surface area contributed by atoms with Crippen molar-refractivity contribution in [2.24, 2.45) is 0 Å². The van der Waals surface area contributed by atoms with Gasteiger partial charge in [0, 0.05) is 13.1 Å². The maximum atomic E-state index is 12.8. The zero-order valence-corrected chi connectivity index (χ0v) is 7.04. The molecule has 0 aliphatic carbocycles. The maximum Gasteiger partial charge on any atom is 0.418 e. The van der Waals surface area contributed by atoms with Gasteiger partial charge in [-0.25, -0.2) is 8.78 Å². The van der Waals surface area contributed by atoms with Gasteiger partial charge in [-0.15, -0.1) is 0 Å². The number of nitrogens with one attached hydrogen (secondary N) is 1. The number of hydrogen-bond donors (Lipinski definition) is 1. The summed E-state index contributed by atoms with van der Waals surface area (Å²) in [7, 11) is 1.13. The van der Waals surface area contributed by atoms with E-state index in [0.29, 0.717) is 6.07 Å². The Kier molecular flexibility index (Phi) is 2.64. The summed E-state index contributed by atoms with van der Waals surface area (Å²) in [6.45, 7) is 0. The third-order valence-corrected chi connectivity index (χ3v) is 1.61. The van der Waals surface area contributed by atoms with Crippen LogP contribution in [0.3, 0.4) is 0 Å². The van der Waals surface area contributed by atoms with Crippen molar-refractivity contribution in [1.29, 1.82) is 0 Å². The molecule has 1 N–H and O–H groups in total. The highest BCUT2D eigenvalue weighted by molar-refractivity contribution is 5.53. The Balaban J connectivity index is 3.40. The van der Waals surface area contributed by atoms with Crippen LogP contribution in [0.5, 0.6) is 0 Å². The van der Waals surface area contributed by atoms with Crippen LogP contribution in [0.25, 0.3) is 0 Å². The second-order valence-electron chi connectivity index (χ2n) is 2.56. The molecule has 78 valence electrons. The van der Waals surface area contributed by atoms with Crippen molar-refractivity contribution in [2.45, 2.75) is 6.18 Å². The van der Waals surface area contributed by atoms with Crippen LogP contribution in [0.2, 0.25) is 0 Å². The van der Waals surface area contributed by atoms with E-state index in [-0.39, 0.29) is 6.07 Å². The predicted octanol–water partition coefficient (Wildman–Crippen LogP) is 3.03. The van der Waals surface area contributed by atoms with Crippen LogP contribution in [0.1, 0.15) is 5.56 Å². The molecule has 0 fully saturated rings. The lowest BCUT2D eigenvalue weighted by Gasteiger charge is -2.12. The summed E-state index contributed by atoms with van der Waals surface area (Å²) in [5.41, 5.74) is -2.10. The van der Waals surface area contributed by atoms with Gasteiger partial charge in [0.15, 0.2) is 0 Å². The molecule has 0 aliphatic rings. The van der Waals surface area contributed by atoms with Gasteiger partial charge in [-0.05, 0) is 6.07 Å². The average Bonchev–Trinajstić information content (AvgIpc) is 2.01. The average molecular weight is 211 g/mol. The fourth-order valence-corrected chi connectivity index (χ4v) is 1.05. The molecule has 0 atom stereocenters. The van der Waals surface area contributed by atoms with Gasteiger partial charge in [0.1, 0.15) is 11.6 Å². The Bertz CT molecular complexity index is 344. The third-order valence-electron chi connectivity index (χ3n) is 1.61. The minimum atomic E-state index is -4.78. The van der Waals surface area contributed by atoms with Crippen molar-refractivity contribution in [3.05, 3.63) is 29.3 Å². The lowest BCUT2D eigenvalue weighted by Crippen LogP contribution is -2.11. The molecule has 14 heavy (non-hydrogen) atoms. The van der Waals surface area contributed by atoms with Crippen molar-refractivity contribution < 1.29 is 22.0 Å². The first-order valence-corrected chi connectivity index (χ1v) is 3.60. The largest absolute Gasteiger partial charge is 0.418 e. The van der Waals surface area contributed by atoms with Gasteiger partial charge >= 0.3 is 6.18 Å². The van der Waals surface area contributed by atoms with Crippen molar-refractivity contribution in [3.63, 3.8) is 0 Å². The topological polar surface area (TPSA) is 12.0 Å². The first kappa shape index (κ1) is 10.7. The smallest absolute Gasteiger partial charge is 0.385 e. The van der Waals surface area contributed by atoms with Crippen LogP contribution in [-0.2, 0) is 6.18 Å². The van der Waals surface area contributed by atoms with Gasteiger partial charge < -0.3 is 5.32 Å². The first-order valence-electron chi connectivity index (χ1n) is 3.60. The minimum absolute atomic E-state index is 0.245. The SMILES string of the molecule is CNc1c(F)cc(F)cc1C(F)(F)F. The zero-order chi connectivity index (χ0) is 10.9. The Hall–Kier alpha value is -1.33. The predicted molar refractivity (Wildman–Crippen MR) is 40.9 cm³/mol. The number of benzene rings is 1. The van der Waals surface area contributed by atoms with E-state index in [1.54, 1.807) is 0 Å². The van der Waals surface area contributed by atoms with Crippen LogP contribution < -0.4 is 5.32 Å². The second kappa shape index (κ2) is 3.43. The second-order valence-corrected chi connectivity index (χ2v) is 2.56. The van der Waals surface area contributed by atoms with Gasteiger partial charge in [0.05, 0.1) is 11.3 Å². The summed E-state index contributed by atoms with van der Waals surface area (Å²) in [6, 6.07) is 0.635. The molecule has 1 nitrogen and oxygen atoms in total. The molecule has 0 saturated carbocycles. The molecule has 0 heterocycles. The van der Waals surface area contributed by atoms with E-state index in [1.165, 1.54) is 0 Å². The monoisotopic (exact) mass is 211 g/mol. The minimum Gasteiger partial charge on any atom is -0.385 e. The van der Waals surface area contributed by atoms with E-state index in [2.05, 4.69) is 0 Å². The van der Waals surface area contributed by atoms with Gasteiger partial charge in [0.25, 0.3) is 0 Å². The number of halogens is 5. The highest BCUT2D eigenvalue weighted by Gasteiger charge is 2.35. The Labute approximate surface area is 76.5 Å². The standard InChI is InChI=1S/C8H6F5N/c1-14-7-5(8(11,12)13)2-4(9)3-6(7)10/h2-3,14H,1H3. The first-order chi connectivity index (χ1) is 6.36. The number of rotatable bonds is 1. The summed E-state index contributed by atoms with van der Waals surface area (Å²) >= 11 is 0. The Morgan fingerprint density at radius 2 is 1.71 bits per heavy atom. The number of hydrogen-bond acceptors (Lipinski definition) is 1. The van der Waals surface area contributed by atoms with E-state index < -0.39 is 29.1 Å². The highest BCUT2D eigenvalue weighted by Crippen LogP contribution is 2.36. The van der Waals surface area contributed by atoms with Crippen LogP contribution in [0.15, 0.2) is 12.1 Å². The van der Waals surface area contributed by atoms with Crippen LogP contribution in [0, 0.1) is 11.6 Å². The molecular formula is C8H6F5N. The quantitative estimate of drug-likeness (QED) is 0.704. The van der Waals surface area contributed by atoms with Crippen molar-refractivity contribution in [2.75, 3.05) is 12.4 Å². The van der Waals surface area contributed by atoms with E-state index in [1.807, 2.05) is 5.32 Å². The lowest BCUT2D eigenvalue weighted by atomic mass is 10.1. The summed E-state index contributed by atoms with van der Waals surface area (Å²) in [5, 5.41) is 2.04. The molecule has 0 unspecified atom stereocenters. The van der Waals surface area contributed by atoms with Crippen LogP contribution in [0.4, 0.5) is 27.6 Å². The van der Waals surface area contributed by atoms with Gasteiger partial charge in [0.2, 0.25) is 0 Å². The van der Waals surface area contributed by atoms with Crippen molar-refractivity contribution in [1.82, 2.24) is 0 Å². The molecule has 0 amide bonds. The molecule has 1 rings (SSSR count). The van der Waals surface area contributed by atoms with E-state index >= 15 is 0 Å². The molecule has 1 aromatic rings. The Morgan fingerprint density at radius 1 is 1.14 bits per heavy atom. The van der Waals surface area contributed by atoms with Gasteiger partial charge in [-0.1, -0.05) is 0 Å². The van der Waals surface area contributed by atoms with Crippen LogP contribution >= 0.6 is 0 Å². The Morgan fingerprint density at radius 3 is 2.14 bits per heavy atom. The molecule has 0 bridgehead atoms. The molecule has 6 heteroatoms. The van der Waals surface area contributed by atoms with Crippen molar-refractivity contribution in [3.8, 4) is 0 Å². The molecule has 1 aromatic carbocycles. The number of anilines is 1. The fourth-order valence-electron chi connectivity index (χ4n) is 1.05. The summed E-state index contributed by atoms with van der Waals surface area (Å²) in [6.07, 6.45) is -4.78. The van der Waals surface area contributed by atoms with Gasteiger partial charge in [-0.3, -0.25) is 0 Å². The zero-order valence-electron chi connectivity index (χ0n) is 7.04. The number of alkyl halides is 3. The summed E-state index contributed by atoms with van der Waals surface area (Å²) in [5.74, 6) is -2.52. The summed E-state index contributed by atoms with van der Waals surface area (Å²) in [4.78, 5) is 0. The van der Waals surface area contributed by atoms with Gasteiger partial charge in [-0.2, -0.15) is 13.2 Å². The molecule has 0 radical (unpaired) electrons. The van der Waals surface area contributed by atoms with Crippen LogP contribution in [-0.4, -0.2) is 7.05 Å². The van der Waals surface area contributed by atoms with Crippen molar-refractivity contribution >= 4 is 5.69 Å². The lowest BCUT2D eigenvalue weighted by molar-refractivity contribution is -0.137. The molecular weight excluding hydrogens is 205 g/mol. The molecule has 0 saturated heterocycles. The van der Waals surface area contributed by atoms with E-state index in [0.717, 1.165) is 7.05 Å². The molecule has 0 aromatic heterocycles.